The minimum Gasteiger partial charge on any atom is -0.463 e. The zero-order valence-electron chi connectivity index (χ0n) is 19.3. The molecule has 3 atom stereocenters. The number of rotatable bonds is 14. The Kier molecular flexibility index (Phi) is 30.8. The highest BCUT2D eigenvalue weighted by Gasteiger charge is 2.15. The quantitative estimate of drug-likeness (QED) is 0.251. The highest BCUT2D eigenvalue weighted by atomic mass is 16.5. The fourth-order valence-corrected chi connectivity index (χ4v) is 3.82. The van der Waals surface area contributed by atoms with Gasteiger partial charge >= 0.3 is 5.97 Å². The molecule has 0 aromatic heterocycles. The first-order valence-corrected chi connectivity index (χ1v) is 11.5. The van der Waals surface area contributed by atoms with Crippen molar-refractivity contribution in [1.29, 1.82) is 0 Å². The number of esters is 1. The zero-order chi connectivity index (χ0) is 22.5. The Morgan fingerprint density at radius 2 is 1.43 bits per heavy atom. The van der Waals surface area contributed by atoms with Gasteiger partial charge in [-0.3, -0.25) is 4.79 Å². The van der Waals surface area contributed by atoms with E-state index >= 15 is 0 Å². The van der Waals surface area contributed by atoms with Gasteiger partial charge in [-0.05, 0) is 54.7 Å². The van der Waals surface area contributed by atoms with Crippen molar-refractivity contribution < 1.29 is 19.4 Å². The van der Waals surface area contributed by atoms with Crippen LogP contribution in [0.3, 0.4) is 0 Å². The number of aliphatic hydroxyl groups excluding tert-OH is 1. The predicted molar refractivity (Wildman–Crippen MR) is 165 cm³/mol. The van der Waals surface area contributed by atoms with Crippen molar-refractivity contribution in [3.63, 3.8) is 0 Å². The molecule has 0 amide bonds. The molecule has 218 valence electrons. The molecule has 3 unspecified atom stereocenters. The minimum absolute atomic E-state index is 0. The van der Waals surface area contributed by atoms with Gasteiger partial charge in [-0.1, -0.05) is 119 Å². The first-order valence-electron chi connectivity index (χ1n) is 11.5. The lowest BCUT2D eigenvalue weighted by Gasteiger charge is -2.17. The fourth-order valence-electron chi connectivity index (χ4n) is 3.82. The highest BCUT2D eigenvalue weighted by molar-refractivity contribution is 5.72. The number of hydrogen-bond donors (Lipinski definition) is 1. The number of ether oxygens (including phenoxy) is 2. The number of aliphatic hydroxyl groups is 1. The second kappa shape index (κ2) is 25.5. The molecule has 0 radical (unpaired) electrons. The molecule has 37 heavy (non-hydrogen) atoms. The smallest absolute Gasteiger partial charge is 0.311 e. The molecule has 2 rings (SSSR count). The monoisotopic (exact) mass is 522 g/mol. The average Bonchev–Trinajstić information content (AvgIpc) is 2.81. The molecule has 1 N–H and O–H groups in total. The molecule has 0 fully saturated rings. The standard InChI is InChI=1S/C27H38O4.6CH4/c1-4-24(26-10-6-5-7-11-26)12-8-9-21(2)25-15-13-23(14-16-25)20-30-19-22(3)27(29)31-18-17-28;;;;;;/h5-7,10-11,13-16,21-22,24,28H,4,8-9,12,17-20H2,1-3H3;6*1H4. The van der Waals surface area contributed by atoms with Gasteiger partial charge in [-0.15, -0.1) is 0 Å². The van der Waals surface area contributed by atoms with Gasteiger partial charge in [0, 0.05) is 0 Å². The van der Waals surface area contributed by atoms with Gasteiger partial charge in [-0.2, -0.15) is 0 Å². The highest BCUT2D eigenvalue weighted by Crippen LogP contribution is 2.28. The van der Waals surface area contributed by atoms with Crippen molar-refractivity contribution in [3.8, 4) is 0 Å². The normalized spacial score (nSPS) is 11.8. The Hall–Kier alpha value is -2.17. The Balaban J connectivity index is -0.000000569. The van der Waals surface area contributed by atoms with E-state index in [9.17, 15) is 4.79 Å². The Bertz CT molecular complexity index is 743. The number of benzene rings is 2. The SMILES string of the molecule is C.C.C.C.C.C.CCC(CCCC(C)c1ccc(COCC(C)C(=O)OCCO)cc1)c1ccccc1. The van der Waals surface area contributed by atoms with Crippen molar-refractivity contribution in [2.24, 2.45) is 5.92 Å². The van der Waals surface area contributed by atoms with Crippen LogP contribution < -0.4 is 0 Å². The summed E-state index contributed by atoms with van der Waals surface area (Å²) in [6.45, 7) is 7.01. The average molecular weight is 523 g/mol. The van der Waals surface area contributed by atoms with Crippen LogP contribution in [0, 0.1) is 5.92 Å². The summed E-state index contributed by atoms with van der Waals surface area (Å²) < 4.78 is 10.6. The Morgan fingerprint density at radius 3 is 1.97 bits per heavy atom. The van der Waals surface area contributed by atoms with E-state index in [0.717, 1.165) is 5.56 Å². The van der Waals surface area contributed by atoms with Gasteiger partial charge in [0.25, 0.3) is 0 Å². The first kappa shape index (κ1) is 44.8. The minimum atomic E-state index is -0.339. The first-order chi connectivity index (χ1) is 15.0. The number of hydrogen-bond acceptors (Lipinski definition) is 4. The molecular formula is C33H62O4. The molecular weight excluding hydrogens is 460 g/mol. The van der Waals surface area contributed by atoms with Crippen LogP contribution >= 0.6 is 0 Å². The van der Waals surface area contributed by atoms with Crippen LogP contribution in [0.2, 0.25) is 0 Å². The summed E-state index contributed by atoms with van der Waals surface area (Å²) in [6, 6.07) is 19.5. The maximum absolute atomic E-state index is 11.7. The van der Waals surface area contributed by atoms with E-state index in [1.807, 2.05) is 0 Å². The summed E-state index contributed by atoms with van der Waals surface area (Å²) in [6.07, 6.45) is 4.83. The van der Waals surface area contributed by atoms with Crippen LogP contribution in [-0.4, -0.2) is 30.9 Å². The zero-order valence-corrected chi connectivity index (χ0v) is 19.3. The largest absolute Gasteiger partial charge is 0.463 e. The molecule has 2 aromatic carbocycles. The summed E-state index contributed by atoms with van der Waals surface area (Å²) in [5, 5.41) is 8.71. The second-order valence-corrected chi connectivity index (χ2v) is 8.40. The molecule has 0 aliphatic heterocycles. The van der Waals surface area contributed by atoms with Crippen molar-refractivity contribution in [1.82, 2.24) is 0 Å². The van der Waals surface area contributed by atoms with Crippen molar-refractivity contribution in [2.45, 2.75) is 109 Å². The van der Waals surface area contributed by atoms with E-state index in [0.29, 0.717) is 25.0 Å². The van der Waals surface area contributed by atoms with Gasteiger partial charge < -0.3 is 14.6 Å². The summed E-state index contributed by atoms with van der Waals surface area (Å²) in [5.41, 5.74) is 3.91. The summed E-state index contributed by atoms with van der Waals surface area (Å²) in [7, 11) is 0. The molecule has 4 heteroatoms. The van der Waals surface area contributed by atoms with Gasteiger partial charge in [-0.25, -0.2) is 0 Å². The lowest BCUT2D eigenvalue weighted by molar-refractivity contribution is -0.151. The van der Waals surface area contributed by atoms with Gasteiger partial charge in [0.2, 0.25) is 0 Å². The third kappa shape index (κ3) is 16.3. The van der Waals surface area contributed by atoms with E-state index in [-0.39, 0.29) is 69.7 Å². The topological polar surface area (TPSA) is 55.8 Å². The molecule has 0 aliphatic rings. The molecule has 0 spiro atoms. The van der Waals surface area contributed by atoms with E-state index in [2.05, 4.69) is 68.4 Å². The third-order valence-electron chi connectivity index (χ3n) is 5.88. The van der Waals surface area contributed by atoms with Crippen molar-refractivity contribution in [2.75, 3.05) is 19.8 Å². The molecule has 0 heterocycles. The maximum atomic E-state index is 11.7. The van der Waals surface area contributed by atoms with Crippen LogP contribution in [0.25, 0.3) is 0 Å². The lowest BCUT2D eigenvalue weighted by Crippen LogP contribution is -2.21. The molecule has 4 nitrogen and oxygen atoms in total. The Labute approximate surface area is 231 Å². The maximum Gasteiger partial charge on any atom is 0.311 e. The van der Waals surface area contributed by atoms with E-state index in [4.69, 9.17) is 14.6 Å². The Morgan fingerprint density at radius 1 is 0.838 bits per heavy atom. The molecule has 0 saturated carbocycles. The number of carbonyl (C=O) groups excluding carboxylic acids is 1. The summed E-state index contributed by atoms with van der Waals surface area (Å²) >= 11 is 0. The van der Waals surface area contributed by atoms with E-state index in [1.54, 1.807) is 6.92 Å². The predicted octanol–water partition coefficient (Wildman–Crippen LogP) is 9.66. The van der Waals surface area contributed by atoms with Gasteiger partial charge in [0.1, 0.15) is 6.61 Å². The third-order valence-corrected chi connectivity index (χ3v) is 5.88. The molecule has 0 aliphatic carbocycles. The van der Waals surface area contributed by atoms with Crippen LogP contribution in [0.4, 0.5) is 0 Å². The van der Waals surface area contributed by atoms with Crippen LogP contribution in [0.1, 0.15) is 120 Å². The second-order valence-electron chi connectivity index (χ2n) is 8.40. The van der Waals surface area contributed by atoms with Gasteiger partial charge in [0.15, 0.2) is 0 Å². The molecule has 2 aromatic rings. The van der Waals surface area contributed by atoms with E-state index in [1.165, 1.54) is 36.8 Å². The van der Waals surface area contributed by atoms with Gasteiger partial charge in [0.05, 0.1) is 25.7 Å². The molecule has 0 bridgehead atoms. The lowest BCUT2D eigenvalue weighted by atomic mass is 9.88. The number of carbonyl (C=O) groups is 1. The van der Waals surface area contributed by atoms with E-state index < -0.39 is 0 Å². The van der Waals surface area contributed by atoms with Crippen LogP contribution in [0.5, 0.6) is 0 Å². The van der Waals surface area contributed by atoms with Crippen LogP contribution in [-0.2, 0) is 20.9 Å². The van der Waals surface area contributed by atoms with Crippen molar-refractivity contribution >= 4 is 5.97 Å². The van der Waals surface area contributed by atoms with Crippen molar-refractivity contribution in [3.05, 3.63) is 71.3 Å². The summed E-state index contributed by atoms with van der Waals surface area (Å²) in [5.74, 6) is 0.505. The summed E-state index contributed by atoms with van der Waals surface area (Å²) in [4.78, 5) is 11.7. The molecule has 0 saturated heterocycles. The van der Waals surface area contributed by atoms with Crippen LogP contribution in [0.15, 0.2) is 54.6 Å². The fraction of sp³-hybridized carbons (Fsp3) is 0.606.